The van der Waals surface area contributed by atoms with Gasteiger partial charge in [-0.25, -0.2) is 4.39 Å². The Hall–Kier alpha value is -1.87. The number of Topliss-reactive ketones (excluding diaryl/α,β-unsaturated/α-hetero) is 1. The van der Waals surface area contributed by atoms with Crippen LogP contribution in [0, 0.1) is 11.7 Å². The van der Waals surface area contributed by atoms with Crippen LogP contribution in [0.25, 0.3) is 0 Å². The maximum atomic E-state index is 13.8. The minimum Gasteiger partial charge on any atom is -0.493 e. The maximum Gasteiger partial charge on any atom is 0.172 e. The summed E-state index contributed by atoms with van der Waals surface area (Å²) in [6, 6.07) is 11.7. The summed E-state index contributed by atoms with van der Waals surface area (Å²) >= 11 is 5.70. The van der Waals surface area contributed by atoms with Gasteiger partial charge in [-0.3, -0.25) is 4.79 Å². The summed E-state index contributed by atoms with van der Waals surface area (Å²) in [6.07, 6.45) is 0.567. The molecule has 0 amide bonds. The van der Waals surface area contributed by atoms with Gasteiger partial charge in [-0.05, 0) is 36.2 Å². The molecule has 0 aliphatic carbocycles. The van der Waals surface area contributed by atoms with Crippen LogP contribution in [0.1, 0.15) is 15.9 Å². The van der Waals surface area contributed by atoms with Crippen molar-refractivity contribution in [3.8, 4) is 5.75 Å². The Morgan fingerprint density at radius 1 is 1.25 bits per heavy atom. The Kier molecular flexibility index (Phi) is 3.45. The number of fused-ring (bicyclic) bond motifs is 1. The molecular weight excluding hydrogens is 279 g/mol. The van der Waals surface area contributed by atoms with E-state index in [2.05, 4.69) is 0 Å². The van der Waals surface area contributed by atoms with Crippen molar-refractivity contribution in [1.29, 1.82) is 0 Å². The first-order chi connectivity index (χ1) is 9.65. The smallest absolute Gasteiger partial charge is 0.172 e. The first-order valence-corrected chi connectivity index (χ1v) is 6.73. The van der Waals surface area contributed by atoms with Crippen molar-refractivity contribution < 1.29 is 13.9 Å². The van der Waals surface area contributed by atoms with E-state index in [1.807, 2.05) is 24.3 Å². The standard InChI is InChI=1S/C16H12ClFO2/c17-12-5-6-13(14(18)8-12)16(19)11-7-10-3-1-2-4-15(10)20-9-11/h1-6,8,11H,7,9H2. The molecule has 0 bridgehead atoms. The number of hydrogen-bond acceptors (Lipinski definition) is 2. The molecule has 0 spiro atoms. The molecule has 0 aromatic heterocycles. The fourth-order valence-electron chi connectivity index (χ4n) is 2.41. The van der Waals surface area contributed by atoms with Gasteiger partial charge in [0.2, 0.25) is 0 Å². The van der Waals surface area contributed by atoms with Gasteiger partial charge in [-0.2, -0.15) is 0 Å². The van der Waals surface area contributed by atoms with Crippen molar-refractivity contribution in [2.45, 2.75) is 6.42 Å². The summed E-state index contributed by atoms with van der Waals surface area (Å²) in [6.45, 7) is 0.276. The molecule has 1 atom stereocenters. The summed E-state index contributed by atoms with van der Waals surface area (Å²) in [4.78, 5) is 12.4. The predicted octanol–water partition coefficient (Wildman–Crippen LogP) is 3.91. The highest BCUT2D eigenvalue weighted by molar-refractivity contribution is 6.30. The second-order valence-corrected chi connectivity index (χ2v) is 5.24. The van der Waals surface area contributed by atoms with Crippen LogP contribution >= 0.6 is 11.6 Å². The highest BCUT2D eigenvalue weighted by atomic mass is 35.5. The first-order valence-electron chi connectivity index (χ1n) is 6.35. The van der Waals surface area contributed by atoms with Gasteiger partial charge >= 0.3 is 0 Å². The Balaban J connectivity index is 1.86. The SMILES string of the molecule is O=C(c1ccc(Cl)cc1F)C1COc2ccccc2C1. The van der Waals surface area contributed by atoms with Crippen LogP contribution in [0.2, 0.25) is 5.02 Å². The molecule has 4 heteroatoms. The van der Waals surface area contributed by atoms with Crippen LogP contribution in [-0.2, 0) is 6.42 Å². The lowest BCUT2D eigenvalue weighted by atomic mass is 9.89. The predicted molar refractivity (Wildman–Crippen MR) is 74.9 cm³/mol. The summed E-state index contributed by atoms with van der Waals surface area (Å²) in [5.41, 5.74) is 1.05. The minimum atomic E-state index is -0.582. The van der Waals surface area contributed by atoms with Crippen molar-refractivity contribution in [2.75, 3.05) is 6.61 Å². The largest absolute Gasteiger partial charge is 0.493 e. The lowest BCUT2D eigenvalue weighted by molar-refractivity contribution is 0.0851. The van der Waals surface area contributed by atoms with E-state index in [9.17, 15) is 9.18 Å². The number of carbonyl (C=O) groups excluding carboxylic acids is 1. The molecular formula is C16H12ClFO2. The summed E-state index contributed by atoms with van der Waals surface area (Å²) in [5.74, 6) is -0.385. The van der Waals surface area contributed by atoms with E-state index in [0.717, 1.165) is 17.4 Å². The number of halogens is 2. The molecule has 2 aromatic rings. The second-order valence-electron chi connectivity index (χ2n) is 4.81. The molecule has 0 saturated heterocycles. The van der Waals surface area contributed by atoms with Gasteiger partial charge in [0.25, 0.3) is 0 Å². The second kappa shape index (κ2) is 5.25. The minimum absolute atomic E-state index is 0.0716. The number of ether oxygens (including phenoxy) is 1. The number of ketones is 1. The molecule has 102 valence electrons. The van der Waals surface area contributed by atoms with Crippen LogP contribution in [-0.4, -0.2) is 12.4 Å². The molecule has 0 radical (unpaired) electrons. The third-order valence-corrected chi connectivity index (χ3v) is 3.68. The summed E-state index contributed by atoms with van der Waals surface area (Å²) in [7, 11) is 0. The molecule has 2 aromatic carbocycles. The highest BCUT2D eigenvalue weighted by Gasteiger charge is 2.28. The van der Waals surface area contributed by atoms with E-state index in [1.54, 1.807) is 0 Å². The zero-order chi connectivity index (χ0) is 14.1. The third kappa shape index (κ3) is 2.41. The molecule has 1 aliphatic heterocycles. The van der Waals surface area contributed by atoms with Crippen LogP contribution in [0.4, 0.5) is 4.39 Å². The molecule has 1 aliphatic rings. The molecule has 0 N–H and O–H groups in total. The topological polar surface area (TPSA) is 26.3 Å². The lowest BCUT2D eigenvalue weighted by Crippen LogP contribution is -2.28. The van der Waals surface area contributed by atoms with Crippen LogP contribution in [0.15, 0.2) is 42.5 Å². The average molecular weight is 291 g/mol. The van der Waals surface area contributed by atoms with E-state index < -0.39 is 5.82 Å². The van der Waals surface area contributed by atoms with E-state index in [1.165, 1.54) is 12.1 Å². The first kappa shape index (κ1) is 13.1. The average Bonchev–Trinajstić information content (AvgIpc) is 2.46. The Bertz CT molecular complexity index is 669. The molecule has 0 fully saturated rings. The van der Waals surface area contributed by atoms with Gasteiger partial charge in [0.05, 0.1) is 18.1 Å². The third-order valence-electron chi connectivity index (χ3n) is 3.45. The van der Waals surface area contributed by atoms with Gasteiger partial charge in [0.1, 0.15) is 11.6 Å². The quantitative estimate of drug-likeness (QED) is 0.784. The Morgan fingerprint density at radius 3 is 2.85 bits per heavy atom. The van der Waals surface area contributed by atoms with E-state index in [4.69, 9.17) is 16.3 Å². The monoisotopic (exact) mass is 290 g/mol. The molecule has 1 unspecified atom stereocenters. The van der Waals surface area contributed by atoms with Gasteiger partial charge in [-0.15, -0.1) is 0 Å². The zero-order valence-electron chi connectivity index (χ0n) is 10.6. The highest BCUT2D eigenvalue weighted by Crippen LogP contribution is 2.29. The Morgan fingerprint density at radius 2 is 2.05 bits per heavy atom. The lowest BCUT2D eigenvalue weighted by Gasteiger charge is -2.24. The zero-order valence-corrected chi connectivity index (χ0v) is 11.4. The van der Waals surface area contributed by atoms with Crippen LogP contribution in [0.3, 0.4) is 0 Å². The van der Waals surface area contributed by atoms with Crippen LogP contribution < -0.4 is 4.74 Å². The molecule has 3 rings (SSSR count). The number of rotatable bonds is 2. The van der Waals surface area contributed by atoms with Gasteiger partial charge in [0, 0.05) is 5.02 Å². The molecule has 0 saturated carbocycles. The van der Waals surface area contributed by atoms with Crippen molar-refractivity contribution in [3.05, 3.63) is 64.4 Å². The molecule has 2 nitrogen and oxygen atoms in total. The summed E-state index contributed by atoms with van der Waals surface area (Å²) in [5, 5.41) is 0.282. The fourth-order valence-corrected chi connectivity index (χ4v) is 2.56. The van der Waals surface area contributed by atoms with Crippen molar-refractivity contribution in [3.63, 3.8) is 0 Å². The maximum absolute atomic E-state index is 13.8. The van der Waals surface area contributed by atoms with E-state index in [-0.39, 0.29) is 28.9 Å². The number of para-hydroxylation sites is 1. The van der Waals surface area contributed by atoms with Crippen molar-refractivity contribution >= 4 is 17.4 Å². The van der Waals surface area contributed by atoms with Crippen molar-refractivity contribution in [2.24, 2.45) is 5.92 Å². The van der Waals surface area contributed by atoms with Gasteiger partial charge < -0.3 is 4.74 Å². The number of carbonyl (C=O) groups is 1. The fraction of sp³-hybridized carbons (Fsp3) is 0.188. The Labute approximate surface area is 121 Å². The van der Waals surface area contributed by atoms with E-state index in [0.29, 0.717) is 6.42 Å². The van der Waals surface area contributed by atoms with E-state index >= 15 is 0 Å². The van der Waals surface area contributed by atoms with Crippen LogP contribution in [0.5, 0.6) is 5.75 Å². The molecule has 20 heavy (non-hydrogen) atoms. The normalized spacial score (nSPS) is 17.2. The van der Waals surface area contributed by atoms with Gasteiger partial charge in [-0.1, -0.05) is 29.8 Å². The summed E-state index contributed by atoms with van der Waals surface area (Å²) < 4.78 is 19.4. The van der Waals surface area contributed by atoms with Crippen molar-refractivity contribution in [1.82, 2.24) is 0 Å². The van der Waals surface area contributed by atoms with Gasteiger partial charge in [0.15, 0.2) is 5.78 Å². The number of benzene rings is 2. The molecule has 1 heterocycles. The number of hydrogen-bond donors (Lipinski definition) is 0.